The number of aromatic nitrogens is 3. The number of carbonyl (C=O) groups excluding carboxylic acids is 1. The van der Waals surface area contributed by atoms with E-state index in [2.05, 4.69) is 49.6 Å². The zero-order valence-electron chi connectivity index (χ0n) is 20.8. The Morgan fingerprint density at radius 1 is 1.11 bits per heavy atom. The predicted octanol–water partition coefficient (Wildman–Crippen LogP) is 4.83. The first-order chi connectivity index (χ1) is 17.6. The van der Waals surface area contributed by atoms with Crippen molar-refractivity contribution < 1.29 is 18.0 Å². The van der Waals surface area contributed by atoms with Crippen molar-refractivity contribution in [2.45, 2.75) is 32.6 Å². The van der Waals surface area contributed by atoms with Crippen LogP contribution in [0.1, 0.15) is 25.0 Å². The third kappa shape index (κ3) is 6.93. The number of hydrogen-bond donors (Lipinski definition) is 3. The molecule has 0 radical (unpaired) electrons. The van der Waals surface area contributed by atoms with Crippen LogP contribution >= 0.6 is 11.3 Å². The standard InChI is InChI=1S/C24H29F3N8OS/c1-15(2)35-10-8-34(9-11-35)14-16-4-5-17(12-18(16)24(25,26)27)31-22(36)33-23-30-13-20(37-23)19-6-7-29-21(28-3)32-19/h4-7,12-13,15H,8-11,14H2,1-3H3,(H,28,29,32)(H2,30,31,33,36). The monoisotopic (exact) mass is 534 g/mol. The average molecular weight is 535 g/mol. The van der Waals surface area contributed by atoms with Gasteiger partial charge in [0.25, 0.3) is 0 Å². The second-order valence-electron chi connectivity index (χ2n) is 8.90. The molecular formula is C24H29F3N8OS. The van der Waals surface area contributed by atoms with Crippen LogP contribution in [0.25, 0.3) is 10.6 Å². The van der Waals surface area contributed by atoms with E-state index in [1.54, 1.807) is 25.5 Å². The van der Waals surface area contributed by atoms with Gasteiger partial charge in [-0.05, 0) is 37.6 Å². The van der Waals surface area contributed by atoms with Crippen molar-refractivity contribution in [3.63, 3.8) is 0 Å². The Hall–Kier alpha value is -3.29. The first-order valence-corrected chi connectivity index (χ1v) is 12.7. The Labute approximate surface area is 217 Å². The number of halogens is 3. The number of nitrogens with one attached hydrogen (secondary N) is 3. The SMILES string of the molecule is CNc1nccc(-c2cnc(NC(=O)Nc3ccc(CN4CCN(C(C)C)CC4)c(C(F)(F)F)c3)s2)n1. The highest BCUT2D eigenvalue weighted by molar-refractivity contribution is 7.19. The second kappa shape index (κ2) is 11.4. The van der Waals surface area contributed by atoms with E-state index in [0.29, 0.717) is 35.7 Å². The summed E-state index contributed by atoms with van der Waals surface area (Å²) in [6.45, 7) is 7.50. The van der Waals surface area contributed by atoms with Gasteiger partial charge in [-0.1, -0.05) is 17.4 Å². The number of carbonyl (C=O) groups is 1. The Kier molecular flexibility index (Phi) is 8.25. The van der Waals surface area contributed by atoms with E-state index in [4.69, 9.17) is 0 Å². The van der Waals surface area contributed by atoms with Gasteiger partial charge in [-0.3, -0.25) is 15.1 Å². The molecule has 37 heavy (non-hydrogen) atoms. The van der Waals surface area contributed by atoms with Crippen LogP contribution in [0, 0.1) is 0 Å². The topological polar surface area (TPSA) is 98.3 Å². The van der Waals surface area contributed by atoms with Gasteiger partial charge in [0.2, 0.25) is 5.95 Å². The molecule has 1 aliphatic rings. The van der Waals surface area contributed by atoms with E-state index in [0.717, 1.165) is 19.2 Å². The third-order valence-corrected chi connectivity index (χ3v) is 7.00. The number of nitrogens with zero attached hydrogens (tertiary/aromatic N) is 5. The lowest BCUT2D eigenvalue weighted by atomic mass is 10.0. The minimum atomic E-state index is -4.54. The normalized spacial score (nSPS) is 15.1. The lowest BCUT2D eigenvalue weighted by molar-refractivity contribution is -0.138. The quantitative estimate of drug-likeness (QED) is 0.399. The Balaban J connectivity index is 1.41. The minimum Gasteiger partial charge on any atom is -0.357 e. The molecule has 1 saturated heterocycles. The maximum Gasteiger partial charge on any atom is 0.416 e. The number of rotatable bonds is 7. The number of anilines is 3. The van der Waals surface area contributed by atoms with Gasteiger partial charge >= 0.3 is 12.2 Å². The van der Waals surface area contributed by atoms with Crippen molar-refractivity contribution in [2.75, 3.05) is 49.2 Å². The summed E-state index contributed by atoms with van der Waals surface area (Å²) < 4.78 is 41.6. The van der Waals surface area contributed by atoms with E-state index in [9.17, 15) is 18.0 Å². The molecule has 9 nitrogen and oxygen atoms in total. The van der Waals surface area contributed by atoms with Crippen LogP contribution < -0.4 is 16.0 Å². The summed E-state index contributed by atoms with van der Waals surface area (Å²) in [7, 11) is 1.70. The second-order valence-corrected chi connectivity index (χ2v) is 9.93. The van der Waals surface area contributed by atoms with Gasteiger partial charge in [0, 0.05) is 63.9 Å². The summed E-state index contributed by atoms with van der Waals surface area (Å²) in [5.74, 6) is 0.444. The van der Waals surface area contributed by atoms with Crippen molar-refractivity contribution in [1.82, 2.24) is 24.8 Å². The third-order valence-electron chi connectivity index (χ3n) is 6.06. The molecule has 13 heteroatoms. The molecule has 2 aromatic heterocycles. The lowest BCUT2D eigenvalue weighted by Gasteiger charge is -2.37. The van der Waals surface area contributed by atoms with E-state index in [1.165, 1.54) is 23.5 Å². The van der Waals surface area contributed by atoms with Crippen LogP contribution in [0.5, 0.6) is 0 Å². The van der Waals surface area contributed by atoms with Gasteiger partial charge < -0.3 is 10.6 Å². The lowest BCUT2D eigenvalue weighted by Crippen LogP contribution is -2.48. The number of benzene rings is 1. The molecule has 0 saturated carbocycles. The van der Waals surface area contributed by atoms with Crippen LogP contribution in [0.15, 0.2) is 36.7 Å². The number of piperazine rings is 1. The van der Waals surface area contributed by atoms with Crippen molar-refractivity contribution in [3.8, 4) is 10.6 Å². The van der Waals surface area contributed by atoms with Crippen LogP contribution in [0.4, 0.5) is 34.7 Å². The summed E-state index contributed by atoms with van der Waals surface area (Å²) in [6.07, 6.45) is -1.39. The van der Waals surface area contributed by atoms with Crippen molar-refractivity contribution in [2.24, 2.45) is 0 Å². The van der Waals surface area contributed by atoms with Gasteiger partial charge in [-0.25, -0.2) is 19.7 Å². The minimum absolute atomic E-state index is 0.0458. The molecular weight excluding hydrogens is 505 g/mol. The molecule has 198 valence electrons. The van der Waals surface area contributed by atoms with Crippen LogP contribution in [-0.4, -0.2) is 70.1 Å². The predicted molar refractivity (Wildman–Crippen MR) is 139 cm³/mol. The molecule has 0 bridgehead atoms. The van der Waals surface area contributed by atoms with E-state index in [-0.39, 0.29) is 22.9 Å². The van der Waals surface area contributed by atoms with Crippen LogP contribution in [0.3, 0.4) is 0 Å². The highest BCUT2D eigenvalue weighted by atomic mass is 32.1. The Bertz CT molecular complexity index is 1220. The Morgan fingerprint density at radius 2 is 1.86 bits per heavy atom. The van der Waals surface area contributed by atoms with E-state index < -0.39 is 17.8 Å². The summed E-state index contributed by atoms with van der Waals surface area (Å²) >= 11 is 1.19. The molecule has 0 unspecified atom stereocenters. The van der Waals surface area contributed by atoms with Crippen molar-refractivity contribution in [3.05, 3.63) is 47.8 Å². The van der Waals surface area contributed by atoms with Gasteiger partial charge in [0.05, 0.1) is 16.1 Å². The molecule has 4 rings (SSSR count). The largest absolute Gasteiger partial charge is 0.416 e. The van der Waals surface area contributed by atoms with Crippen molar-refractivity contribution in [1.29, 1.82) is 0 Å². The van der Waals surface area contributed by atoms with Crippen LogP contribution in [-0.2, 0) is 12.7 Å². The Morgan fingerprint density at radius 3 is 2.54 bits per heavy atom. The molecule has 0 atom stereocenters. The number of hydrogen-bond acceptors (Lipinski definition) is 8. The zero-order chi connectivity index (χ0) is 26.6. The number of urea groups is 1. The van der Waals surface area contributed by atoms with E-state index >= 15 is 0 Å². The molecule has 3 N–H and O–H groups in total. The fraction of sp³-hybridized carbons (Fsp3) is 0.417. The smallest absolute Gasteiger partial charge is 0.357 e. The fourth-order valence-electron chi connectivity index (χ4n) is 4.06. The molecule has 0 aliphatic carbocycles. The average Bonchev–Trinajstić information content (AvgIpc) is 3.33. The molecule has 3 aromatic rings. The van der Waals surface area contributed by atoms with E-state index in [1.807, 2.05) is 4.90 Å². The zero-order valence-corrected chi connectivity index (χ0v) is 21.6. The summed E-state index contributed by atoms with van der Waals surface area (Å²) in [5.41, 5.74) is 0.106. The first kappa shape index (κ1) is 26.8. The maximum absolute atomic E-state index is 13.9. The number of amides is 2. The molecule has 3 heterocycles. The maximum atomic E-state index is 13.9. The highest BCUT2D eigenvalue weighted by Crippen LogP contribution is 2.35. The molecule has 2 amide bonds. The summed E-state index contributed by atoms with van der Waals surface area (Å²) in [5, 5.41) is 8.18. The van der Waals surface area contributed by atoms with Gasteiger partial charge in [-0.2, -0.15) is 13.2 Å². The summed E-state index contributed by atoms with van der Waals surface area (Å²) in [6, 6.07) is 5.34. The molecule has 1 aromatic carbocycles. The van der Waals surface area contributed by atoms with Crippen LogP contribution in [0.2, 0.25) is 0 Å². The number of alkyl halides is 3. The summed E-state index contributed by atoms with van der Waals surface area (Å²) in [4.78, 5) is 30.1. The fourth-order valence-corrected chi connectivity index (χ4v) is 4.84. The van der Waals surface area contributed by atoms with Gasteiger partial charge in [0.1, 0.15) is 0 Å². The number of thiazole rings is 1. The molecule has 1 aliphatic heterocycles. The van der Waals surface area contributed by atoms with Gasteiger partial charge in [-0.15, -0.1) is 0 Å². The first-order valence-electron chi connectivity index (χ1n) is 11.8. The van der Waals surface area contributed by atoms with Gasteiger partial charge in [0.15, 0.2) is 5.13 Å². The molecule has 0 spiro atoms. The molecule has 1 fully saturated rings. The highest BCUT2D eigenvalue weighted by Gasteiger charge is 2.34. The van der Waals surface area contributed by atoms with Crippen molar-refractivity contribution >= 4 is 34.1 Å².